The van der Waals surface area contributed by atoms with E-state index in [9.17, 15) is 14.9 Å². The van der Waals surface area contributed by atoms with E-state index in [4.69, 9.17) is 15.2 Å². The van der Waals surface area contributed by atoms with Crippen molar-refractivity contribution in [2.24, 2.45) is 5.16 Å². The van der Waals surface area contributed by atoms with Gasteiger partial charge < -0.3 is 25.3 Å². The van der Waals surface area contributed by atoms with Crippen molar-refractivity contribution >= 4 is 23.2 Å². The van der Waals surface area contributed by atoms with Crippen molar-refractivity contribution in [3.05, 3.63) is 46.9 Å². The number of rotatable bonds is 1. The van der Waals surface area contributed by atoms with Gasteiger partial charge in [-0.1, -0.05) is 0 Å². The van der Waals surface area contributed by atoms with E-state index in [1.165, 1.54) is 16.6 Å². The van der Waals surface area contributed by atoms with Gasteiger partial charge in [0.1, 0.15) is 41.7 Å². The van der Waals surface area contributed by atoms with Gasteiger partial charge in [-0.15, -0.1) is 5.10 Å². The molecule has 3 heterocycles. The smallest absolute Gasteiger partial charge is 0.265 e. The molecule has 0 unspecified atom stereocenters. The summed E-state index contributed by atoms with van der Waals surface area (Å²) in [6, 6.07) is 6.34. The van der Waals surface area contributed by atoms with Crippen LogP contribution in [-0.4, -0.2) is 45.0 Å². The zero-order chi connectivity index (χ0) is 22.1. The van der Waals surface area contributed by atoms with Crippen LogP contribution in [0, 0.1) is 17.1 Å². The Morgan fingerprint density at radius 2 is 2.23 bits per heavy atom. The van der Waals surface area contributed by atoms with Gasteiger partial charge in [-0.25, -0.2) is 13.9 Å². The van der Waals surface area contributed by atoms with Crippen LogP contribution in [0.1, 0.15) is 30.5 Å². The van der Waals surface area contributed by atoms with E-state index < -0.39 is 11.9 Å². The molecule has 3 N–H and O–H groups in total. The number of hydrogen-bond donors (Lipinski definition) is 2. The maximum atomic E-state index is 14.4. The number of nitrogens with two attached hydrogens (primary N) is 1. The molecule has 160 valence electrons. The number of anilines is 2. The van der Waals surface area contributed by atoms with Crippen molar-refractivity contribution in [1.82, 2.24) is 14.6 Å². The highest BCUT2D eigenvalue weighted by Gasteiger charge is 2.25. The highest BCUT2D eigenvalue weighted by molar-refractivity contribution is 6.04. The number of halogens is 1. The maximum Gasteiger partial charge on any atom is 0.265 e. The van der Waals surface area contributed by atoms with E-state index in [0.717, 1.165) is 0 Å². The van der Waals surface area contributed by atoms with E-state index in [2.05, 4.69) is 15.2 Å². The summed E-state index contributed by atoms with van der Waals surface area (Å²) in [6.45, 7) is 4.33. The number of nitrogens with zero attached hydrogens (tertiary/aromatic N) is 6. The summed E-state index contributed by atoms with van der Waals surface area (Å²) in [6.07, 6.45) is 1.14. The Bertz CT molecular complexity index is 1220. The third-order valence-corrected chi connectivity index (χ3v) is 4.97. The van der Waals surface area contributed by atoms with Crippen LogP contribution in [0.4, 0.5) is 16.0 Å². The van der Waals surface area contributed by atoms with Crippen molar-refractivity contribution in [2.75, 3.05) is 23.8 Å². The molecule has 0 saturated carbocycles. The molecule has 0 spiro atoms. The largest absolute Gasteiger partial charge is 0.487 e. The third-order valence-electron chi connectivity index (χ3n) is 4.97. The normalized spacial score (nSPS) is 17.8. The molecule has 1 aromatic carbocycles. The first-order valence-corrected chi connectivity index (χ1v) is 9.60. The zero-order valence-electron chi connectivity index (χ0n) is 16.9. The van der Waals surface area contributed by atoms with Gasteiger partial charge in [-0.05, 0) is 37.2 Å². The van der Waals surface area contributed by atoms with Gasteiger partial charge >= 0.3 is 0 Å². The predicted octanol–water partition coefficient (Wildman–Crippen LogP) is 2.28. The maximum absolute atomic E-state index is 14.4. The van der Waals surface area contributed by atoms with Gasteiger partial charge in [0.2, 0.25) is 0 Å². The van der Waals surface area contributed by atoms with Crippen LogP contribution < -0.4 is 15.4 Å². The van der Waals surface area contributed by atoms with Gasteiger partial charge in [0, 0.05) is 24.8 Å². The fourth-order valence-corrected chi connectivity index (χ4v) is 3.45. The van der Waals surface area contributed by atoms with E-state index in [0.29, 0.717) is 29.3 Å². The SMILES string of the molecule is CCN1Cc2c(ccc(F)c2C#N)O[C@@H](C)CO/C(=N\O)c2c(N)nn3ccc1nc23. The van der Waals surface area contributed by atoms with E-state index in [-0.39, 0.29) is 36.0 Å². The molecule has 0 amide bonds. The monoisotopic (exact) mass is 425 g/mol. The van der Waals surface area contributed by atoms with Crippen molar-refractivity contribution in [2.45, 2.75) is 26.5 Å². The Kier molecular flexibility index (Phi) is 5.21. The first kappa shape index (κ1) is 20.2. The van der Waals surface area contributed by atoms with E-state index in [1.807, 2.05) is 17.9 Å². The summed E-state index contributed by atoms with van der Waals surface area (Å²) in [5.74, 6) is 0.198. The predicted molar refractivity (Wildman–Crippen MR) is 110 cm³/mol. The summed E-state index contributed by atoms with van der Waals surface area (Å²) in [5.41, 5.74) is 6.91. The Balaban J connectivity index is 1.94. The van der Waals surface area contributed by atoms with Crippen LogP contribution in [0.25, 0.3) is 5.65 Å². The molecular weight excluding hydrogens is 405 g/mol. The van der Waals surface area contributed by atoms with Crippen LogP contribution in [-0.2, 0) is 11.3 Å². The van der Waals surface area contributed by atoms with Gasteiger partial charge in [-0.3, -0.25) is 0 Å². The average molecular weight is 425 g/mol. The molecule has 3 aromatic rings. The van der Waals surface area contributed by atoms with Crippen molar-refractivity contribution < 1.29 is 19.1 Å². The number of aromatic nitrogens is 3. The third kappa shape index (κ3) is 3.52. The van der Waals surface area contributed by atoms with Crippen LogP contribution in [0.2, 0.25) is 0 Å². The number of fused-ring (bicyclic) bond motifs is 2. The second kappa shape index (κ2) is 7.98. The highest BCUT2D eigenvalue weighted by atomic mass is 19.1. The molecule has 4 rings (SSSR count). The molecule has 2 bridgehead atoms. The van der Waals surface area contributed by atoms with Crippen molar-refractivity contribution in [3.63, 3.8) is 0 Å². The summed E-state index contributed by atoms with van der Waals surface area (Å²) in [7, 11) is 0. The lowest BCUT2D eigenvalue weighted by Gasteiger charge is -2.25. The molecule has 31 heavy (non-hydrogen) atoms. The first-order valence-electron chi connectivity index (χ1n) is 9.60. The first-order chi connectivity index (χ1) is 15.0. The van der Waals surface area contributed by atoms with Crippen molar-refractivity contribution in [3.8, 4) is 11.8 Å². The topological polar surface area (TPSA) is 134 Å². The Morgan fingerprint density at radius 1 is 1.42 bits per heavy atom. The van der Waals surface area contributed by atoms with Gasteiger partial charge in [-0.2, -0.15) is 5.26 Å². The standard InChI is InChI=1S/C20H20FN7O3/c1-3-27-9-13-12(8-22)14(21)4-5-15(13)31-11(2)10-30-20(26-29)17-18(23)25-28-7-6-16(27)24-19(17)28/h4-7,11,29H,3,9-10H2,1-2H3,(H2,23,25)/b26-20-/t11-/m0/s1. The lowest BCUT2D eigenvalue weighted by atomic mass is 10.1. The molecule has 0 radical (unpaired) electrons. The lowest BCUT2D eigenvalue weighted by Crippen LogP contribution is -2.26. The lowest BCUT2D eigenvalue weighted by molar-refractivity contribution is 0.131. The highest BCUT2D eigenvalue weighted by Crippen LogP contribution is 2.30. The molecule has 1 atom stereocenters. The molecule has 0 fully saturated rings. The summed E-state index contributed by atoms with van der Waals surface area (Å²) in [5, 5.41) is 26.5. The molecular formula is C20H20FN7O3. The molecule has 1 aliphatic heterocycles. The molecule has 10 nitrogen and oxygen atoms in total. The Labute approximate surface area is 176 Å². The summed E-state index contributed by atoms with van der Waals surface area (Å²) < 4.78 is 27.4. The average Bonchev–Trinajstić information content (AvgIpc) is 3.09. The van der Waals surface area contributed by atoms with E-state index in [1.54, 1.807) is 19.2 Å². The second-order valence-electron chi connectivity index (χ2n) is 6.98. The number of benzene rings is 1. The minimum absolute atomic E-state index is 0.00788. The summed E-state index contributed by atoms with van der Waals surface area (Å²) >= 11 is 0. The van der Waals surface area contributed by atoms with E-state index >= 15 is 0 Å². The quantitative estimate of drug-likeness (QED) is 0.448. The fourth-order valence-electron chi connectivity index (χ4n) is 3.45. The minimum Gasteiger partial charge on any atom is -0.487 e. The Morgan fingerprint density at radius 3 is 2.94 bits per heavy atom. The zero-order valence-corrected chi connectivity index (χ0v) is 16.9. The van der Waals surface area contributed by atoms with Gasteiger partial charge in [0.15, 0.2) is 11.5 Å². The molecule has 0 aliphatic carbocycles. The molecule has 2 aromatic heterocycles. The number of nitrogen functional groups attached to an aromatic ring is 1. The van der Waals surface area contributed by atoms with Gasteiger partial charge in [0.05, 0.1) is 5.56 Å². The van der Waals surface area contributed by atoms with Crippen LogP contribution in [0.15, 0.2) is 29.6 Å². The second-order valence-corrected chi connectivity index (χ2v) is 6.98. The Hall–Kier alpha value is -4.07. The minimum atomic E-state index is -0.627. The van der Waals surface area contributed by atoms with Crippen LogP contribution >= 0.6 is 0 Å². The van der Waals surface area contributed by atoms with Crippen molar-refractivity contribution in [1.29, 1.82) is 5.26 Å². The number of oxime groups is 1. The molecule has 11 heteroatoms. The number of ether oxygens (including phenoxy) is 2. The number of nitriles is 1. The molecule has 1 aliphatic rings. The molecule has 0 saturated heterocycles. The number of hydrogen-bond acceptors (Lipinski definition) is 9. The van der Waals surface area contributed by atoms with Crippen LogP contribution in [0.5, 0.6) is 5.75 Å². The van der Waals surface area contributed by atoms with Crippen LogP contribution in [0.3, 0.4) is 0 Å². The summed E-state index contributed by atoms with van der Waals surface area (Å²) in [4.78, 5) is 6.47. The fraction of sp³-hybridized carbons (Fsp3) is 0.300. The van der Waals surface area contributed by atoms with Gasteiger partial charge in [0.25, 0.3) is 5.90 Å².